The van der Waals surface area contributed by atoms with Crippen molar-refractivity contribution < 1.29 is 4.92 Å². The Morgan fingerprint density at radius 1 is 1.33 bits per heavy atom. The van der Waals surface area contributed by atoms with Gasteiger partial charge in [0, 0.05) is 18.0 Å². The van der Waals surface area contributed by atoms with Gasteiger partial charge in [-0.05, 0) is 30.9 Å². The number of nitrogens with one attached hydrogen (secondary N) is 1. The number of pyridine rings is 1. The van der Waals surface area contributed by atoms with Gasteiger partial charge in [-0.15, -0.1) is 0 Å². The van der Waals surface area contributed by atoms with Crippen LogP contribution in [0.4, 0.5) is 11.5 Å². The summed E-state index contributed by atoms with van der Waals surface area (Å²) in [5, 5.41) is 14.1. The van der Waals surface area contributed by atoms with Crippen molar-refractivity contribution in [3.8, 4) is 0 Å². The van der Waals surface area contributed by atoms with E-state index >= 15 is 0 Å². The number of nitrogens with zero attached hydrogens (tertiary/aromatic N) is 2. The second kappa shape index (κ2) is 5.16. The van der Waals surface area contributed by atoms with Crippen LogP contribution in [0.25, 0.3) is 0 Å². The van der Waals surface area contributed by atoms with Crippen LogP contribution < -0.4 is 5.32 Å². The van der Waals surface area contributed by atoms with Crippen molar-refractivity contribution in [1.29, 1.82) is 0 Å². The first-order valence-electron chi connectivity index (χ1n) is 7.01. The minimum Gasteiger partial charge on any atom is -0.369 e. The van der Waals surface area contributed by atoms with Gasteiger partial charge in [-0.2, -0.15) is 0 Å². The van der Waals surface area contributed by atoms with Crippen molar-refractivity contribution in [1.82, 2.24) is 4.98 Å². The van der Waals surface area contributed by atoms with Gasteiger partial charge in [0.05, 0.1) is 4.92 Å². The summed E-state index contributed by atoms with van der Waals surface area (Å²) in [7, 11) is 0. The smallest absolute Gasteiger partial charge is 0.287 e. The summed E-state index contributed by atoms with van der Waals surface area (Å²) in [5.74, 6) is 0.725. The van der Waals surface area contributed by atoms with Crippen LogP contribution in [0.2, 0.25) is 0 Å². The molecule has 0 saturated heterocycles. The predicted molar refractivity (Wildman–Crippen MR) is 81.5 cm³/mol. The van der Waals surface area contributed by atoms with Crippen LogP contribution in [-0.2, 0) is 5.41 Å². The number of aromatic nitrogens is 1. The van der Waals surface area contributed by atoms with E-state index in [1.807, 2.05) is 13.0 Å². The van der Waals surface area contributed by atoms with Crippen LogP contribution in [0.15, 0.2) is 42.6 Å². The maximum atomic E-state index is 10.7. The van der Waals surface area contributed by atoms with E-state index in [2.05, 4.69) is 34.6 Å². The molecule has 1 saturated carbocycles. The molecule has 0 amide bonds. The van der Waals surface area contributed by atoms with Crippen molar-refractivity contribution in [2.75, 3.05) is 11.9 Å². The van der Waals surface area contributed by atoms with E-state index in [1.165, 1.54) is 11.8 Å². The molecule has 5 heteroatoms. The summed E-state index contributed by atoms with van der Waals surface area (Å²) in [6.45, 7) is 2.65. The van der Waals surface area contributed by atoms with Crippen molar-refractivity contribution in [3.63, 3.8) is 0 Å². The third-order valence-corrected chi connectivity index (χ3v) is 4.11. The zero-order valence-corrected chi connectivity index (χ0v) is 11.9. The number of anilines is 1. The Labute approximate surface area is 123 Å². The highest BCUT2D eigenvalue weighted by molar-refractivity contribution is 5.49. The number of hydrogen-bond donors (Lipinski definition) is 1. The van der Waals surface area contributed by atoms with Gasteiger partial charge in [0.1, 0.15) is 12.0 Å². The molecular formula is C16H17N3O2. The second-order valence-corrected chi connectivity index (χ2v) is 5.62. The molecule has 0 unspecified atom stereocenters. The number of nitro groups is 1. The zero-order chi connectivity index (χ0) is 14.9. The van der Waals surface area contributed by atoms with Crippen LogP contribution in [0.1, 0.15) is 24.0 Å². The molecule has 3 rings (SSSR count). The summed E-state index contributed by atoms with van der Waals surface area (Å²) < 4.78 is 0. The number of rotatable bonds is 5. The van der Waals surface area contributed by atoms with Crippen LogP contribution in [0, 0.1) is 17.0 Å². The van der Waals surface area contributed by atoms with E-state index in [0.717, 1.165) is 30.8 Å². The largest absolute Gasteiger partial charge is 0.369 e. The lowest BCUT2D eigenvalue weighted by molar-refractivity contribution is -0.385. The molecule has 2 aromatic rings. The van der Waals surface area contributed by atoms with Crippen LogP contribution in [-0.4, -0.2) is 16.5 Å². The average molecular weight is 283 g/mol. The molecule has 0 spiro atoms. The van der Waals surface area contributed by atoms with Gasteiger partial charge in [-0.3, -0.25) is 10.1 Å². The Morgan fingerprint density at radius 2 is 2.05 bits per heavy atom. The van der Waals surface area contributed by atoms with Crippen molar-refractivity contribution >= 4 is 11.5 Å². The Morgan fingerprint density at radius 3 is 2.62 bits per heavy atom. The highest BCUT2D eigenvalue weighted by Crippen LogP contribution is 2.48. The standard InChI is InChI=1S/C16H17N3O2/c1-12-9-14(19(20)21)10-17-15(12)18-11-16(7-8-16)13-5-3-2-4-6-13/h2-6,9-10H,7-8,11H2,1H3,(H,17,18). The topological polar surface area (TPSA) is 68.1 Å². The minimum atomic E-state index is -0.421. The fraction of sp³-hybridized carbons (Fsp3) is 0.312. The van der Waals surface area contributed by atoms with Crippen molar-refractivity contribution in [3.05, 3.63) is 63.8 Å². The fourth-order valence-corrected chi connectivity index (χ4v) is 2.61. The minimum absolute atomic E-state index is 0.0299. The van der Waals surface area contributed by atoms with Gasteiger partial charge >= 0.3 is 0 Å². The third kappa shape index (κ3) is 2.72. The van der Waals surface area contributed by atoms with E-state index in [9.17, 15) is 10.1 Å². The third-order valence-electron chi connectivity index (χ3n) is 4.11. The summed E-state index contributed by atoms with van der Waals surface area (Å²) in [6, 6.07) is 12.0. The van der Waals surface area contributed by atoms with Gasteiger partial charge < -0.3 is 5.32 Å². The van der Waals surface area contributed by atoms with Crippen molar-refractivity contribution in [2.45, 2.75) is 25.2 Å². The van der Waals surface area contributed by atoms with Gasteiger partial charge in [0.2, 0.25) is 0 Å². The van der Waals surface area contributed by atoms with Gasteiger partial charge in [-0.25, -0.2) is 4.98 Å². The molecule has 21 heavy (non-hydrogen) atoms. The first-order valence-corrected chi connectivity index (χ1v) is 7.01. The van der Waals surface area contributed by atoms with E-state index in [4.69, 9.17) is 0 Å². The first kappa shape index (κ1) is 13.5. The lowest BCUT2D eigenvalue weighted by Gasteiger charge is -2.17. The highest BCUT2D eigenvalue weighted by atomic mass is 16.6. The van der Waals surface area contributed by atoms with E-state index in [0.29, 0.717) is 0 Å². The lowest BCUT2D eigenvalue weighted by atomic mass is 9.96. The summed E-state index contributed by atoms with van der Waals surface area (Å²) in [6.07, 6.45) is 3.63. The Balaban J connectivity index is 1.72. The Hall–Kier alpha value is -2.43. The Kier molecular flexibility index (Phi) is 3.33. The number of benzene rings is 1. The quantitative estimate of drug-likeness (QED) is 0.674. The van der Waals surface area contributed by atoms with Crippen LogP contribution in [0.3, 0.4) is 0 Å². The molecule has 1 fully saturated rings. The Bertz CT molecular complexity index is 666. The molecule has 0 bridgehead atoms. The molecule has 0 atom stereocenters. The monoisotopic (exact) mass is 283 g/mol. The fourth-order valence-electron chi connectivity index (χ4n) is 2.61. The molecule has 1 aliphatic rings. The molecule has 1 aliphatic carbocycles. The molecule has 0 aliphatic heterocycles. The highest BCUT2D eigenvalue weighted by Gasteiger charge is 2.43. The van der Waals surface area contributed by atoms with Gasteiger partial charge in [-0.1, -0.05) is 30.3 Å². The van der Waals surface area contributed by atoms with Crippen LogP contribution >= 0.6 is 0 Å². The second-order valence-electron chi connectivity index (χ2n) is 5.62. The maximum absolute atomic E-state index is 10.7. The van der Waals surface area contributed by atoms with E-state index in [-0.39, 0.29) is 11.1 Å². The predicted octanol–water partition coefficient (Wildman–Crippen LogP) is 3.44. The average Bonchev–Trinajstić information content (AvgIpc) is 3.28. The van der Waals surface area contributed by atoms with E-state index < -0.39 is 4.92 Å². The van der Waals surface area contributed by atoms with Gasteiger partial charge in [0.25, 0.3) is 5.69 Å². The first-order chi connectivity index (χ1) is 10.1. The lowest BCUT2D eigenvalue weighted by Crippen LogP contribution is -2.20. The SMILES string of the molecule is Cc1cc([N+](=O)[O-])cnc1NCC1(c2ccccc2)CC1. The molecule has 1 aromatic carbocycles. The van der Waals surface area contributed by atoms with Crippen LogP contribution in [0.5, 0.6) is 0 Å². The van der Waals surface area contributed by atoms with Crippen molar-refractivity contribution in [2.24, 2.45) is 0 Å². The molecule has 1 N–H and O–H groups in total. The summed E-state index contributed by atoms with van der Waals surface area (Å²) >= 11 is 0. The molecule has 0 radical (unpaired) electrons. The number of aryl methyl sites for hydroxylation is 1. The molecule has 5 nitrogen and oxygen atoms in total. The summed E-state index contributed by atoms with van der Waals surface area (Å²) in [4.78, 5) is 14.5. The molecular weight excluding hydrogens is 266 g/mol. The number of hydrogen-bond acceptors (Lipinski definition) is 4. The van der Waals surface area contributed by atoms with E-state index in [1.54, 1.807) is 6.07 Å². The molecule has 108 valence electrons. The zero-order valence-electron chi connectivity index (χ0n) is 11.9. The molecule has 1 heterocycles. The summed E-state index contributed by atoms with van der Waals surface area (Å²) in [5.41, 5.74) is 2.37. The molecule has 1 aromatic heterocycles. The van der Waals surface area contributed by atoms with Gasteiger partial charge in [0.15, 0.2) is 0 Å². The maximum Gasteiger partial charge on any atom is 0.287 e. The normalized spacial score (nSPS) is 15.5.